The Balaban J connectivity index is 1.71. The summed E-state index contributed by atoms with van der Waals surface area (Å²) in [6, 6.07) is 12.3. The van der Waals surface area contributed by atoms with Gasteiger partial charge in [-0.2, -0.15) is 0 Å². The van der Waals surface area contributed by atoms with Gasteiger partial charge in [0.05, 0.1) is 24.3 Å². The van der Waals surface area contributed by atoms with Crippen LogP contribution in [0.25, 0.3) is 0 Å². The van der Waals surface area contributed by atoms with Crippen molar-refractivity contribution in [2.75, 3.05) is 34.2 Å². The number of aryl methyl sites for hydroxylation is 2. The Bertz CT molecular complexity index is 1060. The third-order valence-electron chi connectivity index (χ3n) is 4.95. The van der Waals surface area contributed by atoms with Gasteiger partial charge in [-0.1, -0.05) is 12.1 Å². The molecule has 0 spiro atoms. The standard InChI is InChI=1S/C20H26N2O5S2/c1-3-29(25,26)22-13-4-5-17-15-18(8-11-20(17)22)21-28(23,24)14-12-16-6-9-19(27-2)10-7-16/h6-11,15,21H,3-5,12-14H2,1-2H3. The molecule has 158 valence electrons. The number of benzene rings is 2. The number of nitrogens with zero attached hydrogens (tertiary/aromatic N) is 1. The second-order valence-electron chi connectivity index (χ2n) is 6.94. The molecule has 2 aromatic carbocycles. The van der Waals surface area contributed by atoms with Crippen LogP contribution in [-0.4, -0.2) is 42.0 Å². The highest BCUT2D eigenvalue weighted by Gasteiger charge is 2.26. The van der Waals surface area contributed by atoms with Crippen LogP contribution in [0.1, 0.15) is 24.5 Å². The zero-order chi connectivity index (χ0) is 21.1. The van der Waals surface area contributed by atoms with Crippen molar-refractivity contribution in [2.24, 2.45) is 0 Å². The largest absolute Gasteiger partial charge is 0.497 e. The molecule has 0 amide bonds. The van der Waals surface area contributed by atoms with Gasteiger partial charge in [-0.3, -0.25) is 9.03 Å². The number of anilines is 2. The number of methoxy groups -OCH3 is 1. The molecule has 1 heterocycles. The summed E-state index contributed by atoms with van der Waals surface area (Å²) in [5.74, 6) is 0.710. The maximum Gasteiger partial charge on any atom is 0.234 e. The van der Waals surface area contributed by atoms with Crippen molar-refractivity contribution in [1.82, 2.24) is 0 Å². The first-order valence-electron chi connectivity index (χ1n) is 9.51. The van der Waals surface area contributed by atoms with Gasteiger partial charge in [0.15, 0.2) is 0 Å². The van der Waals surface area contributed by atoms with Gasteiger partial charge < -0.3 is 4.74 Å². The Morgan fingerprint density at radius 1 is 1.07 bits per heavy atom. The first kappa shape index (κ1) is 21.4. The fourth-order valence-corrected chi connectivity index (χ4v) is 5.64. The molecule has 0 radical (unpaired) electrons. The van der Waals surface area contributed by atoms with E-state index in [4.69, 9.17) is 4.74 Å². The van der Waals surface area contributed by atoms with E-state index in [0.29, 0.717) is 37.2 Å². The molecule has 0 aliphatic carbocycles. The smallest absolute Gasteiger partial charge is 0.234 e. The first-order valence-corrected chi connectivity index (χ1v) is 12.8. The first-order chi connectivity index (χ1) is 13.7. The third kappa shape index (κ3) is 5.22. The quantitative estimate of drug-likeness (QED) is 0.684. The zero-order valence-corrected chi connectivity index (χ0v) is 18.2. The highest BCUT2D eigenvalue weighted by Crippen LogP contribution is 2.32. The molecule has 1 aliphatic rings. The Labute approximate surface area is 172 Å². The second-order valence-corrected chi connectivity index (χ2v) is 11.0. The summed E-state index contributed by atoms with van der Waals surface area (Å²) in [4.78, 5) is 0. The second kappa shape index (κ2) is 8.62. The molecule has 1 aliphatic heterocycles. The van der Waals surface area contributed by atoms with Crippen LogP contribution in [0.15, 0.2) is 42.5 Å². The molecular weight excluding hydrogens is 412 g/mol. The van der Waals surface area contributed by atoms with E-state index in [0.717, 1.165) is 16.9 Å². The Hall–Kier alpha value is -2.26. The minimum atomic E-state index is -3.53. The van der Waals surface area contributed by atoms with E-state index in [1.807, 2.05) is 12.1 Å². The van der Waals surface area contributed by atoms with Crippen molar-refractivity contribution >= 4 is 31.4 Å². The van der Waals surface area contributed by atoms with Crippen molar-refractivity contribution in [3.05, 3.63) is 53.6 Å². The fraction of sp³-hybridized carbons (Fsp3) is 0.400. The van der Waals surface area contributed by atoms with Crippen LogP contribution in [0.4, 0.5) is 11.4 Å². The minimum Gasteiger partial charge on any atom is -0.497 e. The molecule has 0 saturated heterocycles. The van der Waals surface area contributed by atoms with E-state index < -0.39 is 20.0 Å². The van der Waals surface area contributed by atoms with Crippen LogP contribution < -0.4 is 13.8 Å². The number of hydrogen-bond donors (Lipinski definition) is 1. The van der Waals surface area contributed by atoms with Gasteiger partial charge in [-0.25, -0.2) is 16.8 Å². The maximum atomic E-state index is 12.5. The van der Waals surface area contributed by atoms with Crippen molar-refractivity contribution in [3.63, 3.8) is 0 Å². The predicted molar refractivity (Wildman–Crippen MR) is 116 cm³/mol. The van der Waals surface area contributed by atoms with Gasteiger partial charge in [0.2, 0.25) is 20.0 Å². The lowest BCUT2D eigenvalue weighted by atomic mass is 10.0. The lowest BCUT2D eigenvalue weighted by Crippen LogP contribution is -2.36. The van der Waals surface area contributed by atoms with Gasteiger partial charge in [0.1, 0.15) is 5.75 Å². The Kier molecular flexibility index (Phi) is 6.38. The summed E-state index contributed by atoms with van der Waals surface area (Å²) < 4.78 is 58.7. The van der Waals surface area contributed by atoms with Crippen molar-refractivity contribution in [2.45, 2.75) is 26.2 Å². The molecule has 0 aromatic heterocycles. The minimum absolute atomic E-state index is 0.0339. The number of hydrogen-bond acceptors (Lipinski definition) is 5. The van der Waals surface area contributed by atoms with Crippen LogP contribution in [0.3, 0.4) is 0 Å². The SMILES string of the molecule is CCS(=O)(=O)N1CCCc2cc(NS(=O)(=O)CCc3ccc(OC)cc3)ccc21. The summed E-state index contributed by atoms with van der Waals surface area (Å²) in [5.41, 5.74) is 2.83. The van der Waals surface area contributed by atoms with Crippen LogP contribution in [0, 0.1) is 0 Å². The van der Waals surface area contributed by atoms with E-state index in [-0.39, 0.29) is 11.5 Å². The molecule has 0 fully saturated rings. The van der Waals surface area contributed by atoms with Gasteiger partial charge in [-0.15, -0.1) is 0 Å². The number of sulfonamides is 2. The third-order valence-corrected chi connectivity index (χ3v) is 8.02. The number of nitrogens with one attached hydrogen (secondary N) is 1. The zero-order valence-electron chi connectivity index (χ0n) is 16.6. The summed E-state index contributed by atoms with van der Waals surface area (Å²) in [6.45, 7) is 2.07. The van der Waals surface area contributed by atoms with Crippen LogP contribution in [0.2, 0.25) is 0 Å². The van der Waals surface area contributed by atoms with Crippen molar-refractivity contribution in [3.8, 4) is 5.75 Å². The lowest BCUT2D eigenvalue weighted by molar-refractivity contribution is 0.414. The molecule has 9 heteroatoms. The number of fused-ring (bicyclic) bond motifs is 1. The summed E-state index contributed by atoms with van der Waals surface area (Å²) in [7, 11) is -5.29. The topological polar surface area (TPSA) is 92.8 Å². The van der Waals surface area contributed by atoms with Crippen molar-refractivity contribution < 1.29 is 21.6 Å². The number of rotatable bonds is 8. The Morgan fingerprint density at radius 3 is 2.45 bits per heavy atom. The van der Waals surface area contributed by atoms with E-state index in [2.05, 4.69) is 4.72 Å². The number of ether oxygens (including phenoxy) is 1. The van der Waals surface area contributed by atoms with Gasteiger partial charge in [-0.05, 0) is 67.6 Å². The molecule has 2 aromatic rings. The molecule has 29 heavy (non-hydrogen) atoms. The highest BCUT2D eigenvalue weighted by molar-refractivity contribution is 7.93. The maximum absolute atomic E-state index is 12.5. The molecule has 0 bridgehead atoms. The average Bonchev–Trinajstić information content (AvgIpc) is 2.71. The van der Waals surface area contributed by atoms with Gasteiger partial charge in [0, 0.05) is 12.2 Å². The molecular formula is C20H26N2O5S2. The van der Waals surface area contributed by atoms with Crippen LogP contribution in [-0.2, 0) is 32.9 Å². The molecule has 0 atom stereocenters. The fourth-order valence-electron chi connectivity index (χ4n) is 3.35. The van der Waals surface area contributed by atoms with E-state index in [1.165, 1.54) is 4.31 Å². The summed E-state index contributed by atoms with van der Waals surface area (Å²) in [6.07, 6.45) is 1.80. The summed E-state index contributed by atoms with van der Waals surface area (Å²) in [5, 5.41) is 0. The summed E-state index contributed by atoms with van der Waals surface area (Å²) >= 11 is 0. The predicted octanol–water partition coefficient (Wildman–Crippen LogP) is 2.78. The normalized spacial score (nSPS) is 14.3. The monoisotopic (exact) mass is 438 g/mol. The molecule has 3 rings (SSSR count). The highest BCUT2D eigenvalue weighted by atomic mass is 32.2. The van der Waals surface area contributed by atoms with Crippen LogP contribution >= 0.6 is 0 Å². The average molecular weight is 439 g/mol. The molecule has 7 nitrogen and oxygen atoms in total. The molecule has 0 unspecified atom stereocenters. The van der Waals surface area contributed by atoms with Crippen LogP contribution in [0.5, 0.6) is 5.75 Å². The molecule has 1 N–H and O–H groups in total. The van der Waals surface area contributed by atoms with E-state index in [9.17, 15) is 16.8 Å². The molecule has 0 saturated carbocycles. The Morgan fingerprint density at radius 2 is 1.79 bits per heavy atom. The van der Waals surface area contributed by atoms with Gasteiger partial charge in [0.25, 0.3) is 0 Å². The van der Waals surface area contributed by atoms with E-state index in [1.54, 1.807) is 44.4 Å². The van der Waals surface area contributed by atoms with Gasteiger partial charge >= 0.3 is 0 Å². The van der Waals surface area contributed by atoms with Crippen molar-refractivity contribution in [1.29, 1.82) is 0 Å². The lowest BCUT2D eigenvalue weighted by Gasteiger charge is -2.30. The van der Waals surface area contributed by atoms with E-state index >= 15 is 0 Å².